The Labute approximate surface area is 72.5 Å². The summed E-state index contributed by atoms with van der Waals surface area (Å²) in [5.74, 6) is 5.23. The zero-order chi connectivity index (χ0) is 8.81. The summed E-state index contributed by atoms with van der Waals surface area (Å²) in [6.07, 6.45) is 0. The van der Waals surface area contributed by atoms with Gasteiger partial charge in [0, 0.05) is 13.7 Å². The molecule has 1 aromatic rings. The minimum absolute atomic E-state index is 0.637. The number of rotatable bonds is 4. The van der Waals surface area contributed by atoms with Crippen LogP contribution in [0.1, 0.15) is 11.1 Å². The van der Waals surface area contributed by atoms with Crippen LogP contribution in [0.3, 0.4) is 0 Å². The van der Waals surface area contributed by atoms with Gasteiger partial charge in [-0.1, -0.05) is 24.3 Å². The Balaban J connectivity index is 2.77. The summed E-state index contributed by atoms with van der Waals surface area (Å²) >= 11 is 0. The van der Waals surface area contributed by atoms with E-state index < -0.39 is 0 Å². The Morgan fingerprint density at radius 2 is 2.00 bits per heavy atom. The molecule has 1 aromatic carbocycles. The lowest BCUT2D eigenvalue weighted by atomic mass is 10.1. The van der Waals surface area contributed by atoms with Crippen molar-refractivity contribution in [2.24, 2.45) is 5.84 Å². The number of nitrogens with two attached hydrogens (primary N) is 1. The molecule has 0 radical (unpaired) electrons. The maximum Gasteiger partial charge on any atom is 0.0716 e. The van der Waals surface area contributed by atoms with Crippen molar-refractivity contribution in [1.82, 2.24) is 5.43 Å². The van der Waals surface area contributed by atoms with Gasteiger partial charge in [0.2, 0.25) is 0 Å². The van der Waals surface area contributed by atoms with Crippen LogP contribution in [0.2, 0.25) is 0 Å². The zero-order valence-electron chi connectivity index (χ0n) is 7.21. The van der Waals surface area contributed by atoms with E-state index in [1.165, 1.54) is 11.1 Å². The van der Waals surface area contributed by atoms with E-state index >= 15 is 0 Å². The third-order valence-electron chi connectivity index (χ3n) is 1.71. The van der Waals surface area contributed by atoms with Gasteiger partial charge in [-0.05, 0) is 11.1 Å². The van der Waals surface area contributed by atoms with Gasteiger partial charge in [0.05, 0.1) is 6.61 Å². The van der Waals surface area contributed by atoms with Crippen LogP contribution in [0.5, 0.6) is 0 Å². The second kappa shape index (κ2) is 4.87. The van der Waals surface area contributed by atoms with Crippen LogP contribution in [-0.2, 0) is 17.9 Å². The molecule has 0 amide bonds. The van der Waals surface area contributed by atoms with Crippen molar-refractivity contribution in [3.8, 4) is 0 Å². The lowest BCUT2D eigenvalue weighted by Gasteiger charge is -2.06. The Kier molecular flexibility index (Phi) is 3.73. The van der Waals surface area contributed by atoms with Crippen LogP contribution in [-0.4, -0.2) is 7.11 Å². The van der Waals surface area contributed by atoms with Crippen LogP contribution in [0.15, 0.2) is 24.3 Å². The predicted octanol–water partition coefficient (Wildman–Crippen LogP) is 0.796. The molecule has 0 aliphatic carbocycles. The van der Waals surface area contributed by atoms with Gasteiger partial charge in [0.25, 0.3) is 0 Å². The number of hydrogen-bond acceptors (Lipinski definition) is 3. The van der Waals surface area contributed by atoms with Gasteiger partial charge in [0.15, 0.2) is 0 Å². The highest BCUT2D eigenvalue weighted by Crippen LogP contribution is 2.08. The lowest BCUT2D eigenvalue weighted by molar-refractivity contribution is 0.184. The van der Waals surface area contributed by atoms with Crippen LogP contribution >= 0.6 is 0 Å². The molecule has 0 saturated heterocycles. The van der Waals surface area contributed by atoms with Crippen molar-refractivity contribution in [1.29, 1.82) is 0 Å². The van der Waals surface area contributed by atoms with Gasteiger partial charge in [-0.2, -0.15) is 0 Å². The highest BCUT2D eigenvalue weighted by molar-refractivity contribution is 5.26. The number of hydrazine groups is 1. The number of hydrogen-bond donors (Lipinski definition) is 2. The fourth-order valence-electron chi connectivity index (χ4n) is 1.14. The summed E-state index contributed by atoms with van der Waals surface area (Å²) < 4.78 is 5.05. The molecule has 0 heterocycles. The molecule has 12 heavy (non-hydrogen) atoms. The first-order valence-electron chi connectivity index (χ1n) is 3.87. The number of ether oxygens (including phenoxy) is 1. The van der Waals surface area contributed by atoms with E-state index in [-0.39, 0.29) is 0 Å². The van der Waals surface area contributed by atoms with E-state index in [1.54, 1.807) is 7.11 Å². The van der Waals surface area contributed by atoms with E-state index in [2.05, 4.69) is 5.43 Å². The molecule has 0 saturated carbocycles. The molecule has 3 N–H and O–H groups in total. The average Bonchev–Trinajstić information content (AvgIpc) is 2.09. The van der Waals surface area contributed by atoms with E-state index in [1.807, 2.05) is 24.3 Å². The second-order valence-corrected chi connectivity index (χ2v) is 2.58. The second-order valence-electron chi connectivity index (χ2n) is 2.58. The first kappa shape index (κ1) is 9.19. The van der Waals surface area contributed by atoms with Crippen LogP contribution in [0, 0.1) is 0 Å². The van der Waals surface area contributed by atoms with Crippen LogP contribution in [0.4, 0.5) is 0 Å². The van der Waals surface area contributed by atoms with Crippen LogP contribution in [0.25, 0.3) is 0 Å². The first-order chi connectivity index (χ1) is 5.88. The smallest absolute Gasteiger partial charge is 0.0716 e. The average molecular weight is 166 g/mol. The largest absolute Gasteiger partial charge is 0.380 e. The fourth-order valence-corrected chi connectivity index (χ4v) is 1.14. The quantitative estimate of drug-likeness (QED) is 0.513. The van der Waals surface area contributed by atoms with Crippen molar-refractivity contribution in [3.63, 3.8) is 0 Å². The van der Waals surface area contributed by atoms with E-state index in [9.17, 15) is 0 Å². The molecule has 0 unspecified atom stereocenters. The summed E-state index contributed by atoms with van der Waals surface area (Å²) in [6.45, 7) is 1.32. The molecule has 0 spiro atoms. The van der Waals surface area contributed by atoms with Crippen LogP contribution < -0.4 is 11.3 Å². The monoisotopic (exact) mass is 166 g/mol. The maximum absolute atomic E-state index is 5.23. The van der Waals surface area contributed by atoms with E-state index in [0.717, 1.165) is 0 Å². The van der Waals surface area contributed by atoms with Gasteiger partial charge in [0.1, 0.15) is 0 Å². The first-order valence-corrected chi connectivity index (χ1v) is 3.87. The summed E-state index contributed by atoms with van der Waals surface area (Å²) in [7, 11) is 1.69. The Morgan fingerprint density at radius 1 is 1.33 bits per heavy atom. The molecule has 0 atom stereocenters. The molecule has 0 bridgehead atoms. The zero-order valence-corrected chi connectivity index (χ0v) is 7.21. The summed E-state index contributed by atoms with van der Waals surface area (Å²) in [5.41, 5.74) is 4.99. The van der Waals surface area contributed by atoms with Crippen molar-refractivity contribution in [3.05, 3.63) is 35.4 Å². The Hall–Kier alpha value is -0.900. The highest BCUT2D eigenvalue weighted by Gasteiger charge is 1.98. The molecule has 66 valence electrons. The molecule has 1 rings (SSSR count). The van der Waals surface area contributed by atoms with E-state index in [0.29, 0.717) is 13.2 Å². The predicted molar refractivity (Wildman–Crippen MR) is 48.2 cm³/mol. The van der Waals surface area contributed by atoms with Gasteiger partial charge in [-0.3, -0.25) is 11.3 Å². The Morgan fingerprint density at radius 3 is 2.58 bits per heavy atom. The maximum atomic E-state index is 5.23. The summed E-state index contributed by atoms with van der Waals surface area (Å²) in [5, 5.41) is 0. The number of benzene rings is 1. The van der Waals surface area contributed by atoms with Gasteiger partial charge in [-0.15, -0.1) is 0 Å². The van der Waals surface area contributed by atoms with Crippen molar-refractivity contribution >= 4 is 0 Å². The molecular weight excluding hydrogens is 152 g/mol. The standard InChI is InChI=1S/C9H14N2O/c1-12-7-9-5-3-2-4-8(9)6-11-10/h2-5,11H,6-7,10H2,1H3. The molecule has 3 heteroatoms. The van der Waals surface area contributed by atoms with Gasteiger partial charge in [-0.25, -0.2) is 0 Å². The molecule has 0 fully saturated rings. The third-order valence-corrected chi connectivity index (χ3v) is 1.71. The number of nitrogens with one attached hydrogen (secondary N) is 1. The molecule has 0 aliphatic heterocycles. The van der Waals surface area contributed by atoms with Gasteiger partial charge >= 0.3 is 0 Å². The summed E-state index contributed by atoms with van der Waals surface area (Å²) in [6, 6.07) is 8.06. The van der Waals surface area contributed by atoms with Crippen molar-refractivity contribution in [2.45, 2.75) is 13.2 Å². The molecular formula is C9H14N2O. The van der Waals surface area contributed by atoms with Crippen molar-refractivity contribution < 1.29 is 4.74 Å². The normalized spacial score (nSPS) is 10.2. The topological polar surface area (TPSA) is 47.3 Å². The van der Waals surface area contributed by atoms with Gasteiger partial charge < -0.3 is 4.74 Å². The number of methoxy groups -OCH3 is 1. The minimum Gasteiger partial charge on any atom is -0.380 e. The highest BCUT2D eigenvalue weighted by atomic mass is 16.5. The Bertz CT molecular complexity index is 213. The van der Waals surface area contributed by atoms with E-state index in [4.69, 9.17) is 10.6 Å². The van der Waals surface area contributed by atoms with Crippen molar-refractivity contribution in [2.75, 3.05) is 7.11 Å². The minimum atomic E-state index is 0.637. The SMILES string of the molecule is COCc1ccccc1CNN. The molecule has 0 aromatic heterocycles. The third kappa shape index (κ3) is 2.30. The molecule has 0 aliphatic rings. The fraction of sp³-hybridized carbons (Fsp3) is 0.333. The lowest BCUT2D eigenvalue weighted by Crippen LogP contribution is -2.21. The summed E-state index contributed by atoms with van der Waals surface area (Å²) in [4.78, 5) is 0. The molecule has 3 nitrogen and oxygen atoms in total.